The van der Waals surface area contributed by atoms with Crippen LogP contribution >= 0.6 is 11.6 Å². The second-order valence-electron chi connectivity index (χ2n) is 5.05. The van der Waals surface area contributed by atoms with Gasteiger partial charge in [-0.3, -0.25) is 0 Å². The number of anilines is 1. The summed E-state index contributed by atoms with van der Waals surface area (Å²) in [6, 6.07) is 4.85. The van der Waals surface area contributed by atoms with Gasteiger partial charge in [0, 0.05) is 11.1 Å². The number of nitrogens with zero attached hydrogens (tertiary/aromatic N) is 2. The highest BCUT2D eigenvalue weighted by Crippen LogP contribution is 2.23. The highest BCUT2D eigenvalue weighted by atomic mass is 35.5. The van der Waals surface area contributed by atoms with Gasteiger partial charge in [-0.05, 0) is 18.2 Å². The Balaban J connectivity index is 2.62. The highest BCUT2D eigenvalue weighted by molar-refractivity contribution is 6.32. The first-order chi connectivity index (χ1) is 8.29. The molecule has 0 aliphatic heterocycles. The minimum absolute atomic E-state index is 0.350. The number of nitrogen functional groups attached to an aromatic ring is 1. The monoisotopic (exact) mass is 267 g/mol. The van der Waals surface area contributed by atoms with Crippen molar-refractivity contribution in [1.82, 2.24) is 9.78 Å². The van der Waals surface area contributed by atoms with Crippen LogP contribution in [0.15, 0.2) is 27.4 Å². The summed E-state index contributed by atoms with van der Waals surface area (Å²) in [5.41, 5.74) is 6.24. The van der Waals surface area contributed by atoms with Crippen LogP contribution in [-0.4, -0.2) is 9.78 Å². The van der Waals surface area contributed by atoms with E-state index >= 15 is 0 Å². The summed E-state index contributed by atoms with van der Waals surface area (Å²) >= 11 is 6.03. The number of nitrogens with two attached hydrogens (primary N) is 1. The van der Waals surface area contributed by atoms with E-state index in [0.717, 1.165) is 4.68 Å². The van der Waals surface area contributed by atoms with Gasteiger partial charge in [-0.15, -0.1) is 5.10 Å². The van der Waals surface area contributed by atoms with E-state index in [1.807, 2.05) is 20.8 Å². The first-order valence-corrected chi connectivity index (χ1v) is 5.83. The molecule has 0 aliphatic rings. The van der Waals surface area contributed by atoms with Crippen molar-refractivity contribution < 1.29 is 4.42 Å². The third-order valence-corrected chi connectivity index (χ3v) is 2.71. The molecule has 0 aliphatic carbocycles. The van der Waals surface area contributed by atoms with E-state index in [1.54, 1.807) is 18.2 Å². The summed E-state index contributed by atoms with van der Waals surface area (Å²) < 4.78 is 6.25. The minimum atomic E-state index is -0.576. The van der Waals surface area contributed by atoms with Crippen molar-refractivity contribution in [2.45, 2.75) is 26.2 Å². The predicted octanol–water partition coefficient (Wildman–Crippen LogP) is 2.36. The summed E-state index contributed by atoms with van der Waals surface area (Å²) in [6.45, 7) is 5.72. The largest absolute Gasteiger partial charge is 0.442 e. The first kappa shape index (κ1) is 12.7. The van der Waals surface area contributed by atoms with Crippen molar-refractivity contribution in [3.05, 3.63) is 39.7 Å². The SMILES string of the molecule is CC(C)(C)c1nn(-c2cc(N)ccc2Cl)c(=O)o1. The Morgan fingerprint density at radius 2 is 2.06 bits per heavy atom. The van der Waals surface area contributed by atoms with E-state index in [1.165, 1.54) is 0 Å². The fourth-order valence-corrected chi connectivity index (χ4v) is 1.62. The number of hydrogen-bond acceptors (Lipinski definition) is 4. The Kier molecular flexibility index (Phi) is 2.94. The smallest absolute Gasteiger partial charge is 0.399 e. The molecule has 18 heavy (non-hydrogen) atoms. The van der Waals surface area contributed by atoms with Crippen molar-refractivity contribution in [2.75, 3.05) is 5.73 Å². The van der Waals surface area contributed by atoms with Crippen LogP contribution in [0, 0.1) is 0 Å². The van der Waals surface area contributed by atoms with Gasteiger partial charge in [0.1, 0.15) is 0 Å². The summed E-state index contributed by atoms with van der Waals surface area (Å²) in [4.78, 5) is 11.8. The molecule has 0 atom stereocenters. The molecule has 0 saturated carbocycles. The standard InChI is InChI=1S/C12H14ClN3O2/c1-12(2,3)10-15-16(11(17)18-10)9-6-7(14)4-5-8(9)13/h4-6H,14H2,1-3H3. The van der Waals surface area contributed by atoms with Crippen molar-refractivity contribution in [1.29, 1.82) is 0 Å². The predicted molar refractivity (Wildman–Crippen MR) is 70.2 cm³/mol. The number of rotatable bonds is 1. The summed E-state index contributed by atoms with van der Waals surface area (Å²) in [6.07, 6.45) is 0. The number of benzene rings is 1. The number of aromatic nitrogens is 2. The van der Waals surface area contributed by atoms with Crippen molar-refractivity contribution in [2.24, 2.45) is 0 Å². The van der Waals surface area contributed by atoms with Crippen LogP contribution in [0.25, 0.3) is 5.69 Å². The van der Waals surface area contributed by atoms with Crippen molar-refractivity contribution >= 4 is 17.3 Å². The molecule has 1 heterocycles. The fourth-order valence-electron chi connectivity index (χ4n) is 1.43. The quantitative estimate of drug-likeness (QED) is 0.805. The lowest BCUT2D eigenvalue weighted by molar-refractivity contribution is 0.375. The lowest BCUT2D eigenvalue weighted by Crippen LogP contribution is -2.15. The zero-order chi connectivity index (χ0) is 13.5. The van der Waals surface area contributed by atoms with Crippen LogP contribution in [0.1, 0.15) is 26.7 Å². The highest BCUT2D eigenvalue weighted by Gasteiger charge is 2.23. The Hall–Kier alpha value is -1.75. The van der Waals surface area contributed by atoms with E-state index < -0.39 is 5.76 Å². The molecular weight excluding hydrogens is 254 g/mol. The molecular formula is C12H14ClN3O2. The van der Waals surface area contributed by atoms with Gasteiger partial charge in [0.25, 0.3) is 0 Å². The number of halogens is 1. The van der Waals surface area contributed by atoms with Crippen LogP contribution in [-0.2, 0) is 5.41 Å². The van der Waals surface area contributed by atoms with E-state index in [2.05, 4.69) is 5.10 Å². The van der Waals surface area contributed by atoms with E-state index in [9.17, 15) is 4.79 Å². The molecule has 0 bridgehead atoms. The van der Waals surface area contributed by atoms with E-state index in [-0.39, 0.29) is 5.41 Å². The maximum atomic E-state index is 11.8. The Morgan fingerprint density at radius 3 is 2.61 bits per heavy atom. The zero-order valence-corrected chi connectivity index (χ0v) is 11.2. The van der Waals surface area contributed by atoms with E-state index in [4.69, 9.17) is 21.8 Å². The molecule has 2 aromatic rings. The molecule has 0 spiro atoms. The first-order valence-electron chi connectivity index (χ1n) is 5.45. The minimum Gasteiger partial charge on any atom is -0.399 e. The van der Waals surface area contributed by atoms with Gasteiger partial charge in [-0.2, -0.15) is 4.68 Å². The summed E-state index contributed by atoms with van der Waals surface area (Å²) in [5.74, 6) is -0.224. The molecule has 96 valence electrons. The van der Waals surface area contributed by atoms with Gasteiger partial charge in [-0.25, -0.2) is 4.79 Å². The molecule has 1 aromatic heterocycles. The Morgan fingerprint density at radius 1 is 1.39 bits per heavy atom. The molecule has 2 N–H and O–H groups in total. The molecule has 6 heteroatoms. The maximum Gasteiger partial charge on any atom is 0.442 e. The van der Waals surface area contributed by atoms with E-state index in [0.29, 0.717) is 22.3 Å². The fraction of sp³-hybridized carbons (Fsp3) is 0.333. The van der Waals surface area contributed by atoms with Gasteiger partial charge >= 0.3 is 5.76 Å². The maximum absolute atomic E-state index is 11.8. The molecule has 0 amide bonds. The van der Waals surface area contributed by atoms with Gasteiger partial charge in [0.2, 0.25) is 5.89 Å². The molecule has 2 rings (SSSR count). The van der Waals surface area contributed by atoms with Gasteiger partial charge in [-0.1, -0.05) is 32.4 Å². The van der Waals surface area contributed by atoms with Crippen LogP contribution in [0.2, 0.25) is 5.02 Å². The van der Waals surface area contributed by atoms with Gasteiger partial charge < -0.3 is 10.2 Å². The second kappa shape index (κ2) is 4.17. The van der Waals surface area contributed by atoms with Crippen LogP contribution in [0.5, 0.6) is 0 Å². The normalized spacial score (nSPS) is 11.8. The molecule has 0 fully saturated rings. The van der Waals surface area contributed by atoms with Crippen LogP contribution < -0.4 is 11.5 Å². The molecule has 0 radical (unpaired) electrons. The summed E-state index contributed by atoms with van der Waals surface area (Å²) in [5, 5.41) is 4.54. The van der Waals surface area contributed by atoms with Crippen molar-refractivity contribution in [3.8, 4) is 5.69 Å². The Bertz CT molecular complexity index is 638. The average Bonchev–Trinajstić information content (AvgIpc) is 2.64. The molecule has 1 aromatic carbocycles. The van der Waals surface area contributed by atoms with Gasteiger partial charge in [0.15, 0.2) is 0 Å². The lowest BCUT2D eigenvalue weighted by Gasteiger charge is -2.11. The topological polar surface area (TPSA) is 74.1 Å². The second-order valence-corrected chi connectivity index (χ2v) is 5.45. The van der Waals surface area contributed by atoms with Crippen LogP contribution in [0.3, 0.4) is 0 Å². The summed E-state index contributed by atoms with van der Waals surface area (Å²) in [7, 11) is 0. The van der Waals surface area contributed by atoms with Gasteiger partial charge in [0.05, 0.1) is 10.7 Å². The lowest BCUT2D eigenvalue weighted by atomic mass is 9.97. The molecule has 0 saturated heterocycles. The third kappa shape index (κ3) is 2.26. The third-order valence-electron chi connectivity index (χ3n) is 2.39. The zero-order valence-electron chi connectivity index (χ0n) is 10.4. The molecule has 0 unspecified atom stereocenters. The Labute approximate surface area is 109 Å². The average molecular weight is 268 g/mol. The number of hydrogen-bond donors (Lipinski definition) is 1. The van der Waals surface area contributed by atoms with Crippen LogP contribution in [0.4, 0.5) is 5.69 Å². The van der Waals surface area contributed by atoms with Crippen molar-refractivity contribution in [3.63, 3.8) is 0 Å². The molecule has 5 nitrogen and oxygen atoms in total.